The maximum absolute atomic E-state index is 6.15. The zero-order valence-electron chi connectivity index (χ0n) is 18.8. The average Bonchev–Trinajstić information content (AvgIpc) is 3.57. The highest BCUT2D eigenvalue weighted by Crippen LogP contribution is 2.39. The molecule has 1 atom stereocenters. The van der Waals surface area contributed by atoms with Gasteiger partial charge in [0.25, 0.3) is 0 Å². The van der Waals surface area contributed by atoms with Crippen molar-refractivity contribution >= 4 is 5.82 Å². The third-order valence-electron chi connectivity index (χ3n) is 6.39. The smallest absolute Gasteiger partial charge is 0.178 e. The van der Waals surface area contributed by atoms with E-state index in [0.717, 1.165) is 53.9 Å². The van der Waals surface area contributed by atoms with Crippen molar-refractivity contribution in [2.75, 3.05) is 18.1 Å². The van der Waals surface area contributed by atoms with Gasteiger partial charge in [-0.15, -0.1) is 0 Å². The molecular weight excluding hydrogens is 416 g/mol. The van der Waals surface area contributed by atoms with Crippen molar-refractivity contribution < 1.29 is 4.74 Å². The number of pyridine rings is 2. The van der Waals surface area contributed by atoms with Gasteiger partial charge in [0.05, 0.1) is 18.2 Å². The van der Waals surface area contributed by atoms with Gasteiger partial charge in [-0.05, 0) is 44.4 Å². The van der Waals surface area contributed by atoms with E-state index in [4.69, 9.17) is 14.7 Å². The van der Waals surface area contributed by atoms with Crippen LogP contribution in [0.4, 0.5) is 5.82 Å². The number of aromatic nitrogens is 7. The molecule has 0 spiro atoms. The molecular formula is C24H26N8O. The highest BCUT2D eigenvalue weighted by molar-refractivity contribution is 5.69. The normalized spacial score (nSPS) is 17.5. The Kier molecular flexibility index (Phi) is 4.82. The molecule has 1 fully saturated rings. The van der Waals surface area contributed by atoms with Gasteiger partial charge in [-0.2, -0.15) is 5.10 Å². The summed E-state index contributed by atoms with van der Waals surface area (Å²) in [5.41, 5.74) is 2.98. The van der Waals surface area contributed by atoms with Gasteiger partial charge in [-0.25, -0.2) is 19.6 Å². The quantitative estimate of drug-likeness (QED) is 0.473. The minimum atomic E-state index is 0.206. The Balaban J connectivity index is 1.37. The molecule has 2 aliphatic heterocycles. The third-order valence-corrected chi connectivity index (χ3v) is 6.39. The van der Waals surface area contributed by atoms with Crippen molar-refractivity contribution in [1.82, 2.24) is 34.3 Å². The molecule has 9 nitrogen and oxygen atoms in total. The zero-order chi connectivity index (χ0) is 22.4. The summed E-state index contributed by atoms with van der Waals surface area (Å²) in [5, 5.41) is 4.36. The van der Waals surface area contributed by atoms with E-state index in [-0.39, 0.29) is 6.04 Å². The third kappa shape index (κ3) is 3.44. The summed E-state index contributed by atoms with van der Waals surface area (Å²) in [6.45, 7) is 6.44. The molecule has 2 aliphatic rings. The molecule has 9 heteroatoms. The Bertz CT molecular complexity index is 1280. The van der Waals surface area contributed by atoms with Crippen LogP contribution in [-0.2, 0) is 6.54 Å². The van der Waals surface area contributed by atoms with E-state index in [0.29, 0.717) is 19.2 Å². The first-order valence-corrected chi connectivity index (χ1v) is 11.5. The highest BCUT2D eigenvalue weighted by atomic mass is 16.5. The predicted octanol–water partition coefficient (Wildman–Crippen LogP) is 3.91. The first-order valence-electron chi connectivity index (χ1n) is 11.5. The SMILES string of the molecule is CC(C)n1ncnc1-c1cn2c(n1)-c1cnc(N3CCC[C@H]3c3ccncc3)cc1OCC2. The van der Waals surface area contributed by atoms with Gasteiger partial charge in [-0.1, -0.05) is 0 Å². The van der Waals surface area contributed by atoms with Crippen LogP contribution in [0.3, 0.4) is 0 Å². The Labute approximate surface area is 192 Å². The van der Waals surface area contributed by atoms with Gasteiger partial charge in [0, 0.05) is 43.4 Å². The van der Waals surface area contributed by atoms with Gasteiger partial charge in [-0.3, -0.25) is 4.98 Å². The van der Waals surface area contributed by atoms with Crippen LogP contribution in [0.5, 0.6) is 5.75 Å². The standard InChI is InChI=1S/C24H26N8O/c1-16(2)32-24(27-15-28-32)19-14-30-10-11-33-21-12-22(26-13-18(21)23(30)29-19)31-9-3-4-20(31)17-5-7-25-8-6-17/h5-8,12-16,20H,3-4,9-11H2,1-2H3/t20-/m0/s1. The molecule has 4 aromatic heterocycles. The minimum absolute atomic E-state index is 0.206. The Morgan fingerprint density at radius 1 is 1.09 bits per heavy atom. The number of fused-ring (bicyclic) bond motifs is 3. The number of rotatable bonds is 4. The molecule has 0 amide bonds. The lowest BCUT2D eigenvalue weighted by atomic mass is 10.1. The van der Waals surface area contributed by atoms with Crippen molar-refractivity contribution in [3.63, 3.8) is 0 Å². The topological polar surface area (TPSA) is 86.8 Å². The fourth-order valence-corrected chi connectivity index (χ4v) is 4.82. The lowest BCUT2D eigenvalue weighted by Crippen LogP contribution is -2.23. The maximum Gasteiger partial charge on any atom is 0.178 e. The lowest BCUT2D eigenvalue weighted by Gasteiger charge is -2.26. The molecule has 0 bridgehead atoms. The molecule has 168 valence electrons. The van der Waals surface area contributed by atoms with Crippen LogP contribution in [0.15, 0.2) is 49.3 Å². The maximum atomic E-state index is 6.15. The van der Waals surface area contributed by atoms with Crippen molar-refractivity contribution in [3.05, 3.63) is 54.9 Å². The Hall–Kier alpha value is -3.75. The van der Waals surface area contributed by atoms with Crippen LogP contribution in [-0.4, -0.2) is 47.4 Å². The number of ether oxygens (including phenoxy) is 1. The number of anilines is 1. The van der Waals surface area contributed by atoms with Crippen molar-refractivity contribution in [1.29, 1.82) is 0 Å². The molecule has 6 rings (SSSR count). The predicted molar refractivity (Wildman–Crippen MR) is 124 cm³/mol. The molecule has 1 saturated heterocycles. The number of imidazole rings is 1. The average molecular weight is 443 g/mol. The molecule has 0 radical (unpaired) electrons. The van der Waals surface area contributed by atoms with E-state index in [1.807, 2.05) is 29.5 Å². The molecule has 0 saturated carbocycles. The lowest BCUT2D eigenvalue weighted by molar-refractivity contribution is 0.306. The first kappa shape index (κ1) is 19.9. The van der Waals surface area contributed by atoms with E-state index < -0.39 is 0 Å². The number of hydrogen-bond donors (Lipinski definition) is 0. The Morgan fingerprint density at radius 3 is 2.82 bits per heavy atom. The van der Waals surface area contributed by atoms with Gasteiger partial charge < -0.3 is 14.2 Å². The summed E-state index contributed by atoms with van der Waals surface area (Å²) in [5.74, 6) is 3.38. The second-order valence-electron chi connectivity index (χ2n) is 8.78. The van der Waals surface area contributed by atoms with Gasteiger partial charge in [0.1, 0.15) is 36.0 Å². The minimum Gasteiger partial charge on any atom is -0.491 e. The van der Waals surface area contributed by atoms with Gasteiger partial charge >= 0.3 is 0 Å². The second kappa shape index (κ2) is 7.99. The first-order chi connectivity index (χ1) is 16.2. The fourth-order valence-electron chi connectivity index (χ4n) is 4.82. The largest absolute Gasteiger partial charge is 0.491 e. The van der Waals surface area contributed by atoms with Gasteiger partial charge in [0.2, 0.25) is 0 Å². The van der Waals surface area contributed by atoms with Gasteiger partial charge in [0.15, 0.2) is 5.82 Å². The number of nitrogens with zero attached hydrogens (tertiary/aromatic N) is 8. The molecule has 0 unspecified atom stereocenters. The monoisotopic (exact) mass is 442 g/mol. The van der Waals surface area contributed by atoms with Crippen LogP contribution in [0.2, 0.25) is 0 Å². The van der Waals surface area contributed by atoms with Crippen LogP contribution in [0, 0.1) is 0 Å². The van der Waals surface area contributed by atoms with Crippen LogP contribution < -0.4 is 9.64 Å². The van der Waals surface area contributed by atoms with E-state index in [2.05, 4.69) is 56.6 Å². The van der Waals surface area contributed by atoms with E-state index in [1.54, 1.807) is 6.33 Å². The summed E-state index contributed by atoms with van der Waals surface area (Å²) >= 11 is 0. The van der Waals surface area contributed by atoms with Crippen molar-refractivity contribution in [3.8, 4) is 28.7 Å². The Morgan fingerprint density at radius 2 is 1.97 bits per heavy atom. The summed E-state index contributed by atoms with van der Waals surface area (Å²) in [7, 11) is 0. The molecule has 6 heterocycles. The summed E-state index contributed by atoms with van der Waals surface area (Å²) in [6.07, 6.45) is 11.5. The van der Waals surface area contributed by atoms with Crippen molar-refractivity contribution in [2.45, 2.75) is 45.3 Å². The molecule has 33 heavy (non-hydrogen) atoms. The summed E-state index contributed by atoms with van der Waals surface area (Å²) in [4.78, 5) is 20.8. The zero-order valence-corrected chi connectivity index (χ0v) is 18.8. The summed E-state index contributed by atoms with van der Waals surface area (Å²) < 4.78 is 10.2. The van der Waals surface area contributed by atoms with Crippen LogP contribution in [0.1, 0.15) is 44.3 Å². The fraction of sp³-hybridized carbons (Fsp3) is 0.375. The second-order valence-corrected chi connectivity index (χ2v) is 8.78. The highest BCUT2D eigenvalue weighted by Gasteiger charge is 2.29. The van der Waals surface area contributed by atoms with Crippen LogP contribution in [0.25, 0.3) is 22.9 Å². The molecule has 0 aromatic carbocycles. The van der Waals surface area contributed by atoms with E-state index >= 15 is 0 Å². The molecule has 0 N–H and O–H groups in total. The molecule has 0 aliphatic carbocycles. The van der Waals surface area contributed by atoms with E-state index in [9.17, 15) is 0 Å². The molecule has 4 aromatic rings. The number of hydrogen-bond acceptors (Lipinski definition) is 7. The van der Waals surface area contributed by atoms with E-state index in [1.165, 1.54) is 5.56 Å². The van der Waals surface area contributed by atoms with Crippen molar-refractivity contribution in [2.24, 2.45) is 0 Å². The summed E-state index contributed by atoms with van der Waals surface area (Å²) in [6, 6.07) is 6.77. The van der Waals surface area contributed by atoms with Crippen LogP contribution >= 0.6 is 0 Å².